The molecule has 0 spiro atoms. The second-order valence-electron chi connectivity index (χ2n) is 8.10. The molecule has 0 aliphatic carbocycles. The maximum absolute atomic E-state index is 12.8. The SMILES string of the molecule is Cc1cc(C)n(-c2ccc(CCNC(=O)c3ccccc3OCc3c(C)noc3C)cc2)n1. The molecule has 0 radical (unpaired) electrons. The van der Waals surface area contributed by atoms with Gasteiger partial charge >= 0.3 is 0 Å². The highest BCUT2D eigenvalue weighted by Crippen LogP contribution is 2.21. The van der Waals surface area contributed by atoms with Crippen molar-refractivity contribution in [2.45, 2.75) is 40.7 Å². The van der Waals surface area contributed by atoms with Gasteiger partial charge in [-0.25, -0.2) is 4.68 Å². The molecule has 1 N–H and O–H groups in total. The van der Waals surface area contributed by atoms with Gasteiger partial charge in [-0.1, -0.05) is 29.4 Å². The fourth-order valence-electron chi connectivity index (χ4n) is 3.75. The maximum Gasteiger partial charge on any atom is 0.255 e. The Balaban J connectivity index is 1.34. The molecule has 2 heterocycles. The number of carbonyl (C=O) groups is 1. The van der Waals surface area contributed by atoms with Crippen molar-refractivity contribution in [3.63, 3.8) is 0 Å². The molecule has 0 fully saturated rings. The molecule has 1 amide bonds. The lowest BCUT2D eigenvalue weighted by Gasteiger charge is -2.12. The van der Waals surface area contributed by atoms with Crippen LogP contribution in [0.3, 0.4) is 0 Å². The molecule has 4 aromatic rings. The smallest absolute Gasteiger partial charge is 0.255 e. The minimum atomic E-state index is -0.163. The van der Waals surface area contributed by atoms with Crippen LogP contribution in [0, 0.1) is 27.7 Å². The van der Waals surface area contributed by atoms with Gasteiger partial charge in [0.2, 0.25) is 0 Å². The molecule has 7 nitrogen and oxygen atoms in total. The summed E-state index contributed by atoms with van der Waals surface area (Å²) in [5.41, 5.74) is 6.45. The van der Waals surface area contributed by atoms with E-state index in [0.29, 0.717) is 24.5 Å². The lowest BCUT2D eigenvalue weighted by molar-refractivity contribution is 0.0949. The first-order valence-corrected chi connectivity index (χ1v) is 11.0. The van der Waals surface area contributed by atoms with Crippen molar-refractivity contribution in [1.29, 1.82) is 0 Å². The normalized spacial score (nSPS) is 10.9. The van der Waals surface area contributed by atoms with Crippen LogP contribution in [-0.4, -0.2) is 27.4 Å². The number of rotatable bonds is 8. The topological polar surface area (TPSA) is 82.2 Å². The molecule has 2 aromatic heterocycles. The summed E-state index contributed by atoms with van der Waals surface area (Å²) in [5.74, 6) is 1.09. The Kier molecular flexibility index (Phi) is 6.58. The number of aryl methyl sites for hydroxylation is 4. The summed E-state index contributed by atoms with van der Waals surface area (Å²) >= 11 is 0. The van der Waals surface area contributed by atoms with Crippen LogP contribution >= 0.6 is 0 Å². The summed E-state index contributed by atoms with van der Waals surface area (Å²) in [4.78, 5) is 12.8. The highest BCUT2D eigenvalue weighted by atomic mass is 16.5. The zero-order chi connectivity index (χ0) is 23.4. The van der Waals surface area contributed by atoms with E-state index < -0.39 is 0 Å². The number of ether oxygens (including phenoxy) is 1. The largest absolute Gasteiger partial charge is 0.488 e. The van der Waals surface area contributed by atoms with E-state index in [1.807, 2.05) is 44.5 Å². The quantitative estimate of drug-likeness (QED) is 0.428. The minimum absolute atomic E-state index is 0.163. The summed E-state index contributed by atoms with van der Waals surface area (Å²) in [6, 6.07) is 17.5. The molecule has 2 aromatic carbocycles. The van der Waals surface area contributed by atoms with E-state index >= 15 is 0 Å². The number of amides is 1. The lowest BCUT2D eigenvalue weighted by atomic mass is 10.1. The first-order chi connectivity index (χ1) is 15.9. The van der Waals surface area contributed by atoms with Crippen molar-refractivity contribution < 1.29 is 14.1 Å². The molecule has 4 rings (SSSR count). The van der Waals surface area contributed by atoms with Gasteiger partial charge in [-0.2, -0.15) is 5.10 Å². The van der Waals surface area contributed by atoms with Gasteiger partial charge in [-0.05, 0) is 70.0 Å². The molecule has 0 unspecified atom stereocenters. The van der Waals surface area contributed by atoms with Crippen LogP contribution in [0.2, 0.25) is 0 Å². The van der Waals surface area contributed by atoms with Crippen LogP contribution in [0.25, 0.3) is 5.69 Å². The zero-order valence-corrected chi connectivity index (χ0v) is 19.4. The number of carbonyl (C=O) groups excluding carboxylic acids is 1. The van der Waals surface area contributed by atoms with E-state index in [9.17, 15) is 4.79 Å². The second kappa shape index (κ2) is 9.73. The van der Waals surface area contributed by atoms with Crippen molar-refractivity contribution in [1.82, 2.24) is 20.3 Å². The molecule has 0 bridgehead atoms. The van der Waals surface area contributed by atoms with Gasteiger partial charge in [0.25, 0.3) is 5.91 Å². The molecule has 0 aliphatic rings. The van der Waals surface area contributed by atoms with Crippen LogP contribution in [0.4, 0.5) is 0 Å². The summed E-state index contributed by atoms with van der Waals surface area (Å²) in [7, 11) is 0. The minimum Gasteiger partial charge on any atom is -0.488 e. The molecule has 170 valence electrons. The van der Waals surface area contributed by atoms with Crippen LogP contribution in [0.15, 0.2) is 59.1 Å². The Labute approximate surface area is 193 Å². The van der Waals surface area contributed by atoms with Gasteiger partial charge in [0.05, 0.1) is 28.2 Å². The Bertz CT molecular complexity index is 1240. The zero-order valence-electron chi connectivity index (χ0n) is 19.4. The third-order valence-electron chi connectivity index (χ3n) is 5.57. The first kappa shape index (κ1) is 22.3. The number of nitrogens with zero attached hydrogens (tertiary/aromatic N) is 3. The summed E-state index contributed by atoms with van der Waals surface area (Å²) in [6.45, 7) is 8.57. The maximum atomic E-state index is 12.8. The van der Waals surface area contributed by atoms with Crippen LogP contribution in [0.5, 0.6) is 5.75 Å². The highest BCUT2D eigenvalue weighted by molar-refractivity contribution is 5.96. The van der Waals surface area contributed by atoms with Crippen LogP contribution in [0.1, 0.15) is 44.3 Å². The van der Waals surface area contributed by atoms with Crippen molar-refractivity contribution in [3.05, 3.63) is 94.1 Å². The third-order valence-corrected chi connectivity index (χ3v) is 5.57. The monoisotopic (exact) mass is 444 g/mol. The van der Waals surface area contributed by atoms with Crippen molar-refractivity contribution in [3.8, 4) is 11.4 Å². The summed E-state index contributed by atoms with van der Waals surface area (Å²) in [6.07, 6.45) is 0.727. The highest BCUT2D eigenvalue weighted by Gasteiger charge is 2.14. The summed E-state index contributed by atoms with van der Waals surface area (Å²) < 4.78 is 13.0. The molecule has 33 heavy (non-hydrogen) atoms. The molecule has 0 saturated carbocycles. The number of nitrogens with one attached hydrogen (secondary N) is 1. The molecular weight excluding hydrogens is 416 g/mol. The standard InChI is InChI=1S/C26H28N4O3/c1-17-15-18(2)30(28-17)22-11-9-21(10-12-22)13-14-27-26(31)23-7-5-6-8-25(23)32-16-24-19(3)29-33-20(24)4/h5-12,15H,13-14,16H2,1-4H3,(H,27,31). The lowest BCUT2D eigenvalue weighted by Crippen LogP contribution is -2.26. The van der Waals surface area contributed by atoms with E-state index in [-0.39, 0.29) is 5.91 Å². The van der Waals surface area contributed by atoms with Crippen molar-refractivity contribution in [2.24, 2.45) is 0 Å². The number of hydrogen-bond acceptors (Lipinski definition) is 5. The molecule has 7 heteroatoms. The molecule has 0 saturated heterocycles. The van der Waals surface area contributed by atoms with Crippen molar-refractivity contribution >= 4 is 5.91 Å². The van der Waals surface area contributed by atoms with Gasteiger partial charge in [-0.3, -0.25) is 4.79 Å². The predicted molar refractivity (Wildman–Crippen MR) is 126 cm³/mol. The molecule has 0 aliphatic heterocycles. The van der Waals surface area contributed by atoms with E-state index in [0.717, 1.165) is 46.1 Å². The van der Waals surface area contributed by atoms with E-state index in [2.05, 4.69) is 45.9 Å². The number of para-hydroxylation sites is 1. The van der Waals surface area contributed by atoms with Crippen LogP contribution in [-0.2, 0) is 13.0 Å². The Hall–Kier alpha value is -3.87. The van der Waals surface area contributed by atoms with Gasteiger partial charge in [0, 0.05) is 12.2 Å². The van der Waals surface area contributed by atoms with Gasteiger partial charge in [-0.15, -0.1) is 0 Å². The second-order valence-corrected chi connectivity index (χ2v) is 8.10. The van der Waals surface area contributed by atoms with Gasteiger partial charge in [0.15, 0.2) is 0 Å². The van der Waals surface area contributed by atoms with Gasteiger partial charge < -0.3 is 14.6 Å². The van der Waals surface area contributed by atoms with Crippen molar-refractivity contribution in [2.75, 3.05) is 6.54 Å². The van der Waals surface area contributed by atoms with Gasteiger partial charge in [0.1, 0.15) is 18.1 Å². The average molecular weight is 445 g/mol. The van der Waals surface area contributed by atoms with E-state index in [1.54, 1.807) is 12.1 Å². The number of aromatic nitrogens is 3. The average Bonchev–Trinajstić information content (AvgIpc) is 3.32. The van der Waals surface area contributed by atoms with E-state index in [4.69, 9.17) is 9.26 Å². The Morgan fingerprint density at radius 2 is 1.82 bits per heavy atom. The summed E-state index contributed by atoms with van der Waals surface area (Å²) in [5, 5.41) is 11.5. The predicted octanol–water partition coefficient (Wildman–Crippen LogP) is 4.65. The van der Waals surface area contributed by atoms with E-state index in [1.165, 1.54) is 0 Å². The first-order valence-electron chi connectivity index (χ1n) is 11.0. The fourth-order valence-corrected chi connectivity index (χ4v) is 3.75. The molecular formula is C26H28N4O3. The fraction of sp³-hybridized carbons (Fsp3) is 0.269. The number of hydrogen-bond donors (Lipinski definition) is 1. The number of benzene rings is 2. The molecule has 0 atom stereocenters. The third kappa shape index (κ3) is 5.14. The Morgan fingerprint density at radius 3 is 2.48 bits per heavy atom. The Morgan fingerprint density at radius 1 is 1.06 bits per heavy atom. The van der Waals surface area contributed by atoms with Crippen LogP contribution < -0.4 is 10.1 Å².